The summed E-state index contributed by atoms with van der Waals surface area (Å²) in [6, 6.07) is 7.37. The summed E-state index contributed by atoms with van der Waals surface area (Å²) in [4.78, 5) is 17.6. The van der Waals surface area contributed by atoms with Crippen LogP contribution in [0, 0.1) is 13.8 Å². The highest BCUT2D eigenvalue weighted by Gasteiger charge is 2.07. The van der Waals surface area contributed by atoms with Crippen LogP contribution in [0.25, 0.3) is 0 Å². The first-order chi connectivity index (χ1) is 9.60. The first-order valence-electron chi connectivity index (χ1n) is 6.60. The number of carbonyl (C=O) groups excluding carboxylic acids is 1. The first-order valence-corrected chi connectivity index (χ1v) is 7.42. The average Bonchev–Trinajstić information content (AvgIpc) is 2.77. The van der Waals surface area contributed by atoms with Gasteiger partial charge in [-0.25, -0.2) is 4.98 Å². The van der Waals surface area contributed by atoms with Crippen molar-refractivity contribution in [2.24, 2.45) is 5.73 Å². The molecule has 0 atom stereocenters. The fourth-order valence-electron chi connectivity index (χ4n) is 1.99. The van der Waals surface area contributed by atoms with Gasteiger partial charge in [-0.05, 0) is 31.5 Å². The van der Waals surface area contributed by atoms with Crippen LogP contribution in [0.15, 0.2) is 24.3 Å². The van der Waals surface area contributed by atoms with E-state index in [0.29, 0.717) is 18.7 Å². The number of halogens is 1. The number of nitrogens with zero attached hydrogens (tertiary/aromatic N) is 1. The van der Waals surface area contributed by atoms with E-state index in [9.17, 15) is 4.79 Å². The largest absolute Gasteiger partial charge is 0.352 e. The van der Waals surface area contributed by atoms with Crippen molar-refractivity contribution >= 4 is 29.7 Å². The highest BCUT2D eigenvalue weighted by molar-refractivity contribution is 7.11. The van der Waals surface area contributed by atoms with Crippen molar-refractivity contribution in [3.8, 4) is 0 Å². The molecule has 1 aromatic carbocycles. The summed E-state index contributed by atoms with van der Waals surface area (Å²) >= 11 is 1.69. The molecule has 1 amide bonds. The summed E-state index contributed by atoms with van der Waals surface area (Å²) in [7, 11) is 0. The molecule has 0 aliphatic carbocycles. The molecule has 0 saturated heterocycles. The SMILES string of the molecule is Cc1nc(C)c(CCNC(=O)c2ccc(CN)cc2)s1.Cl. The second-order valence-electron chi connectivity index (χ2n) is 4.65. The number of amides is 1. The van der Waals surface area contributed by atoms with Gasteiger partial charge in [0.15, 0.2) is 0 Å². The summed E-state index contributed by atoms with van der Waals surface area (Å²) < 4.78 is 0. The van der Waals surface area contributed by atoms with Crippen molar-refractivity contribution in [2.45, 2.75) is 26.8 Å². The fraction of sp³-hybridized carbons (Fsp3) is 0.333. The molecule has 0 aliphatic rings. The van der Waals surface area contributed by atoms with E-state index in [1.165, 1.54) is 4.88 Å². The van der Waals surface area contributed by atoms with E-state index in [2.05, 4.69) is 10.3 Å². The van der Waals surface area contributed by atoms with Gasteiger partial charge < -0.3 is 11.1 Å². The van der Waals surface area contributed by atoms with E-state index >= 15 is 0 Å². The Kier molecular flexibility index (Phi) is 6.81. The van der Waals surface area contributed by atoms with Crippen LogP contribution >= 0.6 is 23.7 Å². The summed E-state index contributed by atoms with van der Waals surface area (Å²) in [5.41, 5.74) is 8.29. The van der Waals surface area contributed by atoms with Gasteiger partial charge in [0.2, 0.25) is 0 Å². The molecular formula is C15H20ClN3OS. The van der Waals surface area contributed by atoms with E-state index in [1.807, 2.05) is 26.0 Å². The van der Waals surface area contributed by atoms with Gasteiger partial charge >= 0.3 is 0 Å². The third kappa shape index (κ3) is 4.81. The van der Waals surface area contributed by atoms with Crippen LogP contribution in [-0.4, -0.2) is 17.4 Å². The van der Waals surface area contributed by atoms with Crippen molar-refractivity contribution in [1.29, 1.82) is 0 Å². The van der Waals surface area contributed by atoms with E-state index in [-0.39, 0.29) is 18.3 Å². The van der Waals surface area contributed by atoms with Crippen molar-refractivity contribution < 1.29 is 4.79 Å². The van der Waals surface area contributed by atoms with E-state index < -0.39 is 0 Å². The van der Waals surface area contributed by atoms with Crippen LogP contribution in [0.4, 0.5) is 0 Å². The predicted octanol–water partition coefficient (Wildman–Crippen LogP) is 2.61. The molecule has 0 spiro atoms. The highest BCUT2D eigenvalue weighted by Crippen LogP contribution is 2.17. The Morgan fingerprint density at radius 2 is 1.95 bits per heavy atom. The minimum atomic E-state index is -0.0486. The number of benzene rings is 1. The average molecular weight is 326 g/mol. The van der Waals surface area contributed by atoms with Crippen LogP contribution in [-0.2, 0) is 13.0 Å². The molecule has 4 nitrogen and oxygen atoms in total. The molecule has 0 fully saturated rings. The van der Waals surface area contributed by atoms with Gasteiger partial charge in [-0.1, -0.05) is 12.1 Å². The second kappa shape index (κ2) is 8.12. The normalized spacial score (nSPS) is 10.0. The number of hydrogen-bond acceptors (Lipinski definition) is 4. The lowest BCUT2D eigenvalue weighted by Gasteiger charge is -2.05. The smallest absolute Gasteiger partial charge is 0.251 e. The molecule has 21 heavy (non-hydrogen) atoms. The molecule has 1 heterocycles. The molecule has 3 N–H and O–H groups in total. The Labute approximate surface area is 135 Å². The minimum Gasteiger partial charge on any atom is -0.352 e. The minimum absolute atomic E-state index is 0. The third-order valence-electron chi connectivity index (χ3n) is 3.09. The maximum Gasteiger partial charge on any atom is 0.251 e. The Bertz CT molecular complexity index is 595. The number of carbonyl (C=O) groups is 1. The van der Waals surface area contributed by atoms with Gasteiger partial charge in [-0.2, -0.15) is 0 Å². The Morgan fingerprint density at radius 3 is 2.48 bits per heavy atom. The Balaban J connectivity index is 0.00000220. The van der Waals surface area contributed by atoms with Gasteiger partial charge in [0.05, 0.1) is 10.7 Å². The third-order valence-corrected chi connectivity index (χ3v) is 4.22. The monoisotopic (exact) mass is 325 g/mol. The van der Waals surface area contributed by atoms with E-state index in [0.717, 1.165) is 22.7 Å². The Morgan fingerprint density at radius 1 is 1.29 bits per heavy atom. The van der Waals surface area contributed by atoms with Crippen LogP contribution < -0.4 is 11.1 Å². The van der Waals surface area contributed by atoms with Gasteiger partial charge in [0.1, 0.15) is 0 Å². The topological polar surface area (TPSA) is 68.0 Å². The summed E-state index contributed by atoms with van der Waals surface area (Å²) in [6.45, 7) is 5.12. The standard InChI is InChI=1S/C15H19N3OS.ClH/c1-10-14(20-11(2)18-10)7-8-17-15(19)13-5-3-12(9-16)4-6-13;/h3-6H,7-9,16H2,1-2H3,(H,17,19);1H. The molecular weight excluding hydrogens is 306 g/mol. The number of nitrogens with one attached hydrogen (secondary N) is 1. The molecule has 0 saturated carbocycles. The second-order valence-corrected chi connectivity index (χ2v) is 5.94. The van der Waals surface area contributed by atoms with Crippen LogP contribution in [0.5, 0.6) is 0 Å². The van der Waals surface area contributed by atoms with Crippen molar-refractivity contribution in [3.05, 3.63) is 51.0 Å². The maximum absolute atomic E-state index is 12.0. The molecule has 0 bridgehead atoms. The number of hydrogen-bond donors (Lipinski definition) is 2. The lowest BCUT2D eigenvalue weighted by atomic mass is 10.1. The molecule has 0 unspecified atom stereocenters. The molecule has 2 rings (SSSR count). The van der Waals surface area contributed by atoms with E-state index in [1.54, 1.807) is 23.5 Å². The van der Waals surface area contributed by atoms with Gasteiger partial charge in [-0.3, -0.25) is 4.79 Å². The lowest BCUT2D eigenvalue weighted by molar-refractivity contribution is 0.0954. The zero-order chi connectivity index (χ0) is 14.5. The van der Waals surface area contributed by atoms with Crippen LogP contribution in [0.3, 0.4) is 0 Å². The number of thiazole rings is 1. The van der Waals surface area contributed by atoms with Gasteiger partial charge in [-0.15, -0.1) is 23.7 Å². The molecule has 1 aromatic heterocycles. The zero-order valence-electron chi connectivity index (χ0n) is 12.2. The number of nitrogens with two attached hydrogens (primary N) is 1. The molecule has 0 aliphatic heterocycles. The number of aromatic nitrogens is 1. The highest BCUT2D eigenvalue weighted by atomic mass is 35.5. The first kappa shape index (κ1) is 17.6. The van der Waals surface area contributed by atoms with Gasteiger partial charge in [0, 0.05) is 30.0 Å². The summed E-state index contributed by atoms with van der Waals surface area (Å²) in [5.74, 6) is -0.0486. The van der Waals surface area contributed by atoms with Crippen LogP contribution in [0.2, 0.25) is 0 Å². The number of aryl methyl sites for hydroxylation is 2. The molecule has 6 heteroatoms. The van der Waals surface area contributed by atoms with Gasteiger partial charge in [0.25, 0.3) is 5.91 Å². The van der Waals surface area contributed by atoms with Crippen molar-refractivity contribution in [2.75, 3.05) is 6.54 Å². The Hall–Kier alpha value is -1.43. The molecule has 114 valence electrons. The van der Waals surface area contributed by atoms with Crippen molar-refractivity contribution in [1.82, 2.24) is 10.3 Å². The van der Waals surface area contributed by atoms with Crippen LogP contribution in [0.1, 0.15) is 31.5 Å². The quantitative estimate of drug-likeness (QED) is 0.888. The predicted molar refractivity (Wildman–Crippen MR) is 89.2 cm³/mol. The zero-order valence-corrected chi connectivity index (χ0v) is 13.8. The fourth-order valence-corrected chi connectivity index (χ4v) is 2.93. The number of rotatable bonds is 5. The summed E-state index contributed by atoms with van der Waals surface area (Å²) in [6.07, 6.45) is 0.823. The maximum atomic E-state index is 12.0. The molecule has 2 aromatic rings. The molecule has 0 radical (unpaired) electrons. The van der Waals surface area contributed by atoms with Crippen molar-refractivity contribution in [3.63, 3.8) is 0 Å². The van der Waals surface area contributed by atoms with E-state index in [4.69, 9.17) is 5.73 Å². The lowest BCUT2D eigenvalue weighted by Crippen LogP contribution is -2.25. The summed E-state index contributed by atoms with van der Waals surface area (Å²) in [5, 5.41) is 4.00.